The maximum absolute atomic E-state index is 9.12. The van der Waals surface area contributed by atoms with Crippen LogP contribution in [0.2, 0.25) is 0 Å². The number of aromatic nitrogens is 1. The van der Waals surface area contributed by atoms with Gasteiger partial charge in [0.25, 0.3) is 0 Å². The molecule has 0 amide bonds. The molecule has 2 heterocycles. The summed E-state index contributed by atoms with van der Waals surface area (Å²) in [6.45, 7) is 2.15. The van der Waals surface area contributed by atoms with E-state index in [0.29, 0.717) is 11.3 Å². The standard InChI is InChI=1S/C14H10N2O2/c1-9-4-12(11(6-15)7-16-9)10-2-3-13-14(5-10)18-8-17-13/h2-5,7H,8H2,1H3. The van der Waals surface area contributed by atoms with Gasteiger partial charge in [0.1, 0.15) is 6.07 Å². The third-order valence-corrected chi connectivity index (χ3v) is 2.84. The number of hydrogen-bond acceptors (Lipinski definition) is 4. The lowest BCUT2D eigenvalue weighted by atomic mass is 10.0. The van der Waals surface area contributed by atoms with Crippen molar-refractivity contribution in [2.24, 2.45) is 0 Å². The monoisotopic (exact) mass is 238 g/mol. The third kappa shape index (κ3) is 1.66. The molecule has 1 aliphatic rings. The van der Waals surface area contributed by atoms with Crippen molar-refractivity contribution in [1.29, 1.82) is 5.26 Å². The van der Waals surface area contributed by atoms with Crippen LogP contribution in [0.5, 0.6) is 11.5 Å². The van der Waals surface area contributed by atoms with E-state index < -0.39 is 0 Å². The highest BCUT2D eigenvalue weighted by Gasteiger charge is 2.15. The van der Waals surface area contributed by atoms with Gasteiger partial charge in [0.15, 0.2) is 11.5 Å². The van der Waals surface area contributed by atoms with Crippen LogP contribution in [-0.4, -0.2) is 11.8 Å². The number of hydrogen-bond donors (Lipinski definition) is 0. The molecular formula is C14H10N2O2. The van der Waals surface area contributed by atoms with E-state index in [-0.39, 0.29) is 6.79 Å². The highest BCUT2D eigenvalue weighted by Crippen LogP contribution is 2.36. The first-order chi connectivity index (χ1) is 8.78. The fraction of sp³-hybridized carbons (Fsp3) is 0.143. The zero-order chi connectivity index (χ0) is 12.5. The summed E-state index contributed by atoms with van der Waals surface area (Å²) in [5, 5.41) is 9.12. The first-order valence-corrected chi connectivity index (χ1v) is 5.55. The smallest absolute Gasteiger partial charge is 0.231 e. The van der Waals surface area contributed by atoms with Crippen LogP contribution < -0.4 is 9.47 Å². The average molecular weight is 238 g/mol. The molecule has 0 atom stereocenters. The summed E-state index contributed by atoms with van der Waals surface area (Å²) in [7, 11) is 0. The molecule has 0 saturated heterocycles. The van der Waals surface area contributed by atoms with Gasteiger partial charge in [-0.2, -0.15) is 5.26 Å². The number of ether oxygens (including phenoxy) is 2. The normalized spacial score (nSPS) is 12.2. The molecular weight excluding hydrogens is 228 g/mol. The van der Waals surface area contributed by atoms with Gasteiger partial charge in [0.05, 0.1) is 5.56 Å². The molecule has 2 aromatic rings. The molecule has 4 nitrogen and oxygen atoms in total. The molecule has 0 aliphatic carbocycles. The van der Waals surface area contributed by atoms with Crippen LogP contribution >= 0.6 is 0 Å². The number of benzene rings is 1. The molecule has 1 aromatic heterocycles. The molecule has 0 spiro atoms. The quantitative estimate of drug-likeness (QED) is 0.766. The van der Waals surface area contributed by atoms with Crippen molar-refractivity contribution in [2.45, 2.75) is 6.92 Å². The van der Waals surface area contributed by atoms with Crippen molar-refractivity contribution in [3.8, 4) is 28.7 Å². The Morgan fingerprint density at radius 3 is 2.89 bits per heavy atom. The summed E-state index contributed by atoms with van der Waals surface area (Å²) in [6, 6.07) is 9.72. The van der Waals surface area contributed by atoms with E-state index in [1.165, 1.54) is 0 Å². The Morgan fingerprint density at radius 2 is 2.06 bits per heavy atom. The van der Waals surface area contributed by atoms with E-state index >= 15 is 0 Å². The zero-order valence-corrected chi connectivity index (χ0v) is 9.80. The molecule has 1 aromatic carbocycles. The summed E-state index contributed by atoms with van der Waals surface area (Å²) in [5.41, 5.74) is 3.23. The predicted octanol–water partition coefficient (Wildman–Crippen LogP) is 2.66. The number of rotatable bonds is 1. The van der Waals surface area contributed by atoms with Crippen molar-refractivity contribution < 1.29 is 9.47 Å². The fourth-order valence-corrected chi connectivity index (χ4v) is 1.95. The Bertz CT molecular complexity index is 659. The minimum absolute atomic E-state index is 0.249. The van der Waals surface area contributed by atoms with Gasteiger partial charge in [-0.05, 0) is 30.7 Å². The predicted molar refractivity (Wildman–Crippen MR) is 65.2 cm³/mol. The van der Waals surface area contributed by atoms with Crippen LogP contribution in [0.3, 0.4) is 0 Å². The van der Waals surface area contributed by atoms with Gasteiger partial charge in [-0.15, -0.1) is 0 Å². The average Bonchev–Trinajstić information content (AvgIpc) is 2.85. The van der Waals surface area contributed by atoms with Crippen molar-refractivity contribution in [3.63, 3.8) is 0 Å². The van der Waals surface area contributed by atoms with Gasteiger partial charge >= 0.3 is 0 Å². The highest BCUT2D eigenvalue weighted by atomic mass is 16.7. The maximum atomic E-state index is 9.12. The SMILES string of the molecule is Cc1cc(-c2ccc3c(c2)OCO3)c(C#N)cn1. The molecule has 18 heavy (non-hydrogen) atoms. The van der Waals surface area contributed by atoms with E-state index in [9.17, 15) is 0 Å². The summed E-state index contributed by atoms with van der Waals surface area (Å²) in [6.07, 6.45) is 1.59. The van der Waals surface area contributed by atoms with E-state index in [2.05, 4.69) is 11.1 Å². The first kappa shape index (κ1) is 10.6. The van der Waals surface area contributed by atoms with Gasteiger partial charge in [-0.25, -0.2) is 0 Å². The molecule has 0 bridgehead atoms. The summed E-state index contributed by atoms with van der Waals surface area (Å²) < 4.78 is 10.6. The number of pyridine rings is 1. The molecule has 3 rings (SSSR count). The Balaban J connectivity index is 2.15. The number of nitriles is 1. The van der Waals surface area contributed by atoms with Crippen molar-refractivity contribution in [3.05, 3.63) is 41.7 Å². The number of aryl methyl sites for hydroxylation is 1. The van der Waals surface area contributed by atoms with Gasteiger partial charge in [0, 0.05) is 17.5 Å². The first-order valence-electron chi connectivity index (χ1n) is 5.55. The molecule has 0 unspecified atom stereocenters. The third-order valence-electron chi connectivity index (χ3n) is 2.84. The second-order valence-corrected chi connectivity index (χ2v) is 4.05. The number of nitrogens with zero attached hydrogens (tertiary/aromatic N) is 2. The molecule has 0 N–H and O–H groups in total. The molecule has 0 fully saturated rings. The zero-order valence-electron chi connectivity index (χ0n) is 9.80. The van der Waals surface area contributed by atoms with Crippen LogP contribution in [0, 0.1) is 18.3 Å². The lowest BCUT2D eigenvalue weighted by Crippen LogP contribution is -1.93. The van der Waals surface area contributed by atoms with Crippen molar-refractivity contribution in [2.75, 3.05) is 6.79 Å². The van der Waals surface area contributed by atoms with E-state index in [4.69, 9.17) is 14.7 Å². The second-order valence-electron chi connectivity index (χ2n) is 4.05. The van der Waals surface area contributed by atoms with Gasteiger partial charge in [0.2, 0.25) is 6.79 Å². The van der Waals surface area contributed by atoms with E-state index in [1.807, 2.05) is 31.2 Å². The summed E-state index contributed by atoms with van der Waals surface area (Å²) in [4.78, 5) is 4.13. The number of fused-ring (bicyclic) bond motifs is 1. The minimum atomic E-state index is 0.249. The van der Waals surface area contributed by atoms with Crippen LogP contribution in [0.1, 0.15) is 11.3 Å². The fourth-order valence-electron chi connectivity index (χ4n) is 1.95. The Hall–Kier alpha value is -2.54. The van der Waals surface area contributed by atoms with Crippen molar-refractivity contribution >= 4 is 0 Å². The molecule has 4 heteroatoms. The maximum Gasteiger partial charge on any atom is 0.231 e. The lowest BCUT2D eigenvalue weighted by Gasteiger charge is -2.06. The van der Waals surface area contributed by atoms with E-state index in [0.717, 1.165) is 22.6 Å². The Morgan fingerprint density at radius 1 is 1.22 bits per heavy atom. The van der Waals surface area contributed by atoms with E-state index in [1.54, 1.807) is 6.20 Å². The lowest BCUT2D eigenvalue weighted by molar-refractivity contribution is 0.174. The molecule has 88 valence electrons. The van der Waals surface area contributed by atoms with Crippen LogP contribution in [0.15, 0.2) is 30.5 Å². The van der Waals surface area contributed by atoms with Crippen molar-refractivity contribution in [1.82, 2.24) is 4.98 Å². The summed E-state index contributed by atoms with van der Waals surface area (Å²) >= 11 is 0. The minimum Gasteiger partial charge on any atom is -0.454 e. The van der Waals surface area contributed by atoms with Crippen LogP contribution in [0.25, 0.3) is 11.1 Å². The van der Waals surface area contributed by atoms with Crippen LogP contribution in [-0.2, 0) is 0 Å². The highest BCUT2D eigenvalue weighted by molar-refractivity contribution is 5.72. The molecule has 0 radical (unpaired) electrons. The second kappa shape index (κ2) is 4.04. The molecule has 0 saturated carbocycles. The molecule has 1 aliphatic heterocycles. The van der Waals surface area contributed by atoms with Gasteiger partial charge in [-0.3, -0.25) is 4.98 Å². The van der Waals surface area contributed by atoms with Gasteiger partial charge < -0.3 is 9.47 Å². The topological polar surface area (TPSA) is 55.1 Å². The van der Waals surface area contributed by atoms with Gasteiger partial charge in [-0.1, -0.05) is 6.07 Å². The van der Waals surface area contributed by atoms with Crippen LogP contribution in [0.4, 0.5) is 0 Å². The Kier molecular flexibility index (Phi) is 2.38. The summed E-state index contributed by atoms with van der Waals surface area (Å²) in [5.74, 6) is 1.45. The largest absolute Gasteiger partial charge is 0.454 e. The Labute approximate surface area is 104 Å².